The quantitative estimate of drug-likeness (QED) is 0.311. The van der Waals surface area contributed by atoms with E-state index in [2.05, 4.69) is 28.9 Å². The fourth-order valence-corrected chi connectivity index (χ4v) is 3.56. The van der Waals surface area contributed by atoms with Crippen LogP contribution in [0.3, 0.4) is 0 Å². The van der Waals surface area contributed by atoms with Gasteiger partial charge in [-0.15, -0.1) is 5.10 Å². The molecule has 1 N–H and O–H groups in total. The van der Waals surface area contributed by atoms with Gasteiger partial charge in [0.1, 0.15) is 5.82 Å². The number of nitrogens with zero attached hydrogens (tertiary/aromatic N) is 4. The van der Waals surface area contributed by atoms with Gasteiger partial charge in [-0.1, -0.05) is 57.4 Å². The predicted molar refractivity (Wildman–Crippen MR) is 123 cm³/mol. The molecule has 7 heteroatoms. The van der Waals surface area contributed by atoms with Crippen molar-refractivity contribution in [2.24, 2.45) is 0 Å². The van der Waals surface area contributed by atoms with E-state index in [4.69, 9.17) is 0 Å². The molecule has 0 aliphatic heterocycles. The van der Waals surface area contributed by atoms with Gasteiger partial charge in [-0.25, -0.2) is 14.5 Å². The molecule has 0 radical (unpaired) electrons. The van der Waals surface area contributed by atoms with Crippen LogP contribution in [0.25, 0.3) is 11.1 Å². The van der Waals surface area contributed by atoms with E-state index in [0.29, 0.717) is 24.2 Å². The normalized spacial score (nSPS) is 10.9. The Bertz CT molecular complexity index is 1060. The smallest absolute Gasteiger partial charge is 0.336 e. The van der Waals surface area contributed by atoms with Crippen molar-refractivity contribution >= 4 is 11.8 Å². The maximum absolute atomic E-state index is 12.4. The number of hydrogen-bond acceptors (Lipinski definition) is 5. The van der Waals surface area contributed by atoms with Crippen LogP contribution in [0.15, 0.2) is 42.7 Å². The molecular formula is C25H30N4O3. The lowest BCUT2D eigenvalue weighted by Crippen LogP contribution is -2.07. The molecule has 1 aromatic carbocycles. The number of ketones is 1. The molecule has 0 saturated carbocycles. The highest BCUT2D eigenvalue weighted by Gasteiger charge is 2.17. The van der Waals surface area contributed by atoms with Crippen molar-refractivity contribution < 1.29 is 14.7 Å². The number of carboxylic acids is 1. The SMILES string of the molecule is CCCCCn1nc(C(=O)CCCC)nc1Cc1ccc(-c2cnccc2C(=O)O)cc1. The van der Waals surface area contributed by atoms with Crippen molar-refractivity contribution in [1.29, 1.82) is 0 Å². The Morgan fingerprint density at radius 3 is 2.44 bits per heavy atom. The van der Waals surface area contributed by atoms with Gasteiger partial charge in [0.25, 0.3) is 0 Å². The molecule has 7 nitrogen and oxygen atoms in total. The lowest BCUT2D eigenvalue weighted by Gasteiger charge is -2.08. The number of carboxylic acid groups (broad SMARTS) is 1. The molecule has 0 unspecified atom stereocenters. The molecule has 0 aliphatic carbocycles. The second-order valence-electron chi connectivity index (χ2n) is 7.91. The van der Waals surface area contributed by atoms with E-state index in [-0.39, 0.29) is 11.3 Å². The summed E-state index contributed by atoms with van der Waals surface area (Å²) in [5, 5.41) is 13.9. The molecular weight excluding hydrogens is 404 g/mol. The van der Waals surface area contributed by atoms with Crippen molar-refractivity contribution in [2.75, 3.05) is 0 Å². The van der Waals surface area contributed by atoms with Crippen molar-refractivity contribution in [2.45, 2.75) is 65.3 Å². The number of carbonyl (C=O) groups excluding carboxylic acids is 1. The van der Waals surface area contributed by atoms with E-state index in [1.807, 2.05) is 28.9 Å². The molecule has 0 bridgehead atoms. The van der Waals surface area contributed by atoms with E-state index < -0.39 is 5.97 Å². The number of carbonyl (C=O) groups is 2. The van der Waals surface area contributed by atoms with Crippen molar-refractivity contribution in [3.63, 3.8) is 0 Å². The number of Topliss-reactive ketones (excluding diaryl/α,β-unsaturated/α-hetero) is 1. The third-order valence-electron chi connectivity index (χ3n) is 5.41. The van der Waals surface area contributed by atoms with Gasteiger partial charge < -0.3 is 5.11 Å². The largest absolute Gasteiger partial charge is 0.478 e. The average molecular weight is 435 g/mol. The summed E-state index contributed by atoms with van der Waals surface area (Å²) in [6, 6.07) is 9.20. The number of rotatable bonds is 12. The summed E-state index contributed by atoms with van der Waals surface area (Å²) in [6.07, 6.45) is 9.08. The Balaban J connectivity index is 1.82. The highest BCUT2D eigenvalue weighted by atomic mass is 16.4. The molecule has 0 amide bonds. The summed E-state index contributed by atoms with van der Waals surface area (Å²) in [6.45, 7) is 4.96. The summed E-state index contributed by atoms with van der Waals surface area (Å²) in [5.74, 6) is 0.103. The Morgan fingerprint density at radius 1 is 1.00 bits per heavy atom. The predicted octanol–water partition coefficient (Wildman–Crippen LogP) is 5.19. The van der Waals surface area contributed by atoms with E-state index >= 15 is 0 Å². The molecule has 3 rings (SSSR count). The van der Waals surface area contributed by atoms with Crippen LogP contribution in [0.2, 0.25) is 0 Å². The standard InChI is InChI=1S/C25H30N4O3/c1-3-5-7-15-29-23(27-24(28-29)22(30)8-6-4-2)16-18-9-11-19(12-10-18)21-17-26-14-13-20(21)25(31)32/h9-14,17H,3-8,15-16H2,1-2H3,(H,31,32). The first-order chi connectivity index (χ1) is 15.5. The zero-order chi connectivity index (χ0) is 22.9. The third-order valence-corrected chi connectivity index (χ3v) is 5.41. The number of aromatic nitrogens is 4. The van der Waals surface area contributed by atoms with E-state index in [1.54, 1.807) is 6.20 Å². The molecule has 0 atom stereocenters. The van der Waals surface area contributed by atoms with Gasteiger partial charge in [-0.2, -0.15) is 0 Å². The zero-order valence-electron chi connectivity index (χ0n) is 18.8. The Labute approximate surface area is 188 Å². The first-order valence-corrected chi connectivity index (χ1v) is 11.3. The third kappa shape index (κ3) is 5.87. The summed E-state index contributed by atoms with van der Waals surface area (Å²) >= 11 is 0. The topological polar surface area (TPSA) is 98.0 Å². The summed E-state index contributed by atoms with van der Waals surface area (Å²) in [4.78, 5) is 32.6. The average Bonchev–Trinajstić information content (AvgIpc) is 3.20. The monoisotopic (exact) mass is 434 g/mol. The molecule has 2 heterocycles. The maximum atomic E-state index is 12.4. The van der Waals surface area contributed by atoms with Crippen LogP contribution in [0.4, 0.5) is 0 Å². The van der Waals surface area contributed by atoms with Crippen LogP contribution < -0.4 is 0 Å². The minimum atomic E-state index is -0.980. The fraction of sp³-hybridized carbons (Fsp3) is 0.400. The molecule has 0 spiro atoms. The van der Waals surface area contributed by atoms with E-state index in [0.717, 1.165) is 55.6 Å². The van der Waals surface area contributed by atoms with E-state index in [9.17, 15) is 14.7 Å². The van der Waals surface area contributed by atoms with Gasteiger partial charge in [-0.3, -0.25) is 9.78 Å². The summed E-state index contributed by atoms with van der Waals surface area (Å²) in [7, 11) is 0. The summed E-state index contributed by atoms with van der Waals surface area (Å²) in [5.41, 5.74) is 2.61. The van der Waals surface area contributed by atoms with Gasteiger partial charge in [-0.05, 0) is 30.0 Å². The Kier molecular flexibility index (Phi) is 8.25. The molecule has 32 heavy (non-hydrogen) atoms. The van der Waals surface area contributed by atoms with Crippen LogP contribution in [-0.2, 0) is 13.0 Å². The minimum absolute atomic E-state index is 0.00420. The van der Waals surface area contributed by atoms with Crippen LogP contribution in [0.1, 0.15) is 84.7 Å². The van der Waals surface area contributed by atoms with Crippen molar-refractivity contribution in [1.82, 2.24) is 19.7 Å². The molecule has 3 aromatic rings. The molecule has 2 aromatic heterocycles. The number of hydrogen-bond donors (Lipinski definition) is 1. The van der Waals surface area contributed by atoms with Crippen molar-refractivity contribution in [3.05, 3.63) is 65.5 Å². The van der Waals surface area contributed by atoms with Crippen molar-refractivity contribution in [3.8, 4) is 11.1 Å². The van der Waals surface area contributed by atoms with Gasteiger partial charge in [0.2, 0.25) is 11.6 Å². The number of pyridine rings is 1. The van der Waals surface area contributed by atoms with Crippen LogP contribution in [0.5, 0.6) is 0 Å². The first-order valence-electron chi connectivity index (χ1n) is 11.3. The lowest BCUT2D eigenvalue weighted by atomic mass is 10.00. The highest BCUT2D eigenvalue weighted by molar-refractivity contribution is 5.95. The molecule has 0 fully saturated rings. The molecule has 0 aliphatic rings. The summed E-state index contributed by atoms with van der Waals surface area (Å²) < 4.78 is 1.87. The number of unbranched alkanes of at least 4 members (excludes halogenated alkanes) is 3. The second-order valence-corrected chi connectivity index (χ2v) is 7.91. The number of aromatic carboxylic acids is 1. The fourth-order valence-electron chi connectivity index (χ4n) is 3.56. The van der Waals surface area contributed by atoms with Gasteiger partial charge >= 0.3 is 5.97 Å². The van der Waals surface area contributed by atoms with Gasteiger partial charge in [0, 0.05) is 37.3 Å². The van der Waals surface area contributed by atoms with Gasteiger partial charge in [0.15, 0.2) is 0 Å². The first kappa shape index (κ1) is 23.3. The lowest BCUT2D eigenvalue weighted by molar-refractivity contribution is 0.0697. The molecule has 0 saturated heterocycles. The van der Waals surface area contributed by atoms with Crippen LogP contribution in [-0.4, -0.2) is 36.6 Å². The highest BCUT2D eigenvalue weighted by Crippen LogP contribution is 2.24. The number of benzene rings is 1. The number of aryl methyl sites for hydroxylation is 1. The zero-order valence-corrected chi connectivity index (χ0v) is 18.8. The van der Waals surface area contributed by atoms with Gasteiger partial charge in [0.05, 0.1) is 5.56 Å². The van der Waals surface area contributed by atoms with E-state index in [1.165, 1.54) is 12.3 Å². The Hall–Kier alpha value is -3.35. The second kappa shape index (κ2) is 11.3. The van der Waals surface area contributed by atoms with Crippen LogP contribution in [0, 0.1) is 0 Å². The minimum Gasteiger partial charge on any atom is -0.478 e. The van der Waals surface area contributed by atoms with Crippen LogP contribution >= 0.6 is 0 Å². The maximum Gasteiger partial charge on any atom is 0.336 e. The Morgan fingerprint density at radius 2 is 1.75 bits per heavy atom. The molecule has 168 valence electrons.